The molecule has 110 valence electrons. The minimum absolute atomic E-state index is 0.00912. The first-order valence-electron chi connectivity index (χ1n) is 6.66. The summed E-state index contributed by atoms with van der Waals surface area (Å²) in [5.41, 5.74) is 2.49. The molecule has 0 unspecified atom stereocenters. The second kappa shape index (κ2) is 6.18. The van der Waals surface area contributed by atoms with Gasteiger partial charge in [-0.3, -0.25) is 0 Å². The number of rotatable bonds is 3. The van der Waals surface area contributed by atoms with Gasteiger partial charge in [0.25, 0.3) is 0 Å². The Morgan fingerprint density at radius 2 is 2.00 bits per heavy atom. The van der Waals surface area contributed by atoms with E-state index in [-0.39, 0.29) is 11.3 Å². The number of benzene rings is 2. The zero-order valence-corrected chi connectivity index (χ0v) is 12.6. The number of nitrogens with one attached hydrogen (secondary N) is 1. The van der Waals surface area contributed by atoms with E-state index in [9.17, 15) is 5.11 Å². The SMILES string of the molecule is N#CC(C#N)=CNc1ccc2nc(-c3cccc(O)c3)sc2c1. The number of phenols is 1. The average molecular weight is 318 g/mol. The monoisotopic (exact) mass is 318 g/mol. The van der Waals surface area contributed by atoms with E-state index >= 15 is 0 Å². The Morgan fingerprint density at radius 1 is 1.17 bits per heavy atom. The van der Waals surface area contributed by atoms with Crippen LogP contribution >= 0.6 is 11.3 Å². The standard InChI is InChI=1S/C17H10N4OS/c18-8-11(9-19)10-20-13-4-5-15-16(7-13)23-17(21-15)12-2-1-3-14(22)6-12/h1-7,10,20,22H. The first-order valence-corrected chi connectivity index (χ1v) is 7.48. The molecule has 0 aliphatic rings. The summed E-state index contributed by atoms with van der Waals surface area (Å²) in [5.74, 6) is 0.204. The van der Waals surface area contributed by atoms with Crippen LogP contribution in [0, 0.1) is 22.7 Å². The number of thiazole rings is 1. The molecule has 0 saturated heterocycles. The van der Waals surface area contributed by atoms with Crippen molar-refractivity contribution in [2.24, 2.45) is 0 Å². The molecule has 5 nitrogen and oxygen atoms in total. The number of phenolic OH excluding ortho intramolecular Hbond substituents is 1. The van der Waals surface area contributed by atoms with Gasteiger partial charge in [0.2, 0.25) is 0 Å². The van der Waals surface area contributed by atoms with E-state index < -0.39 is 0 Å². The van der Waals surface area contributed by atoms with Crippen molar-refractivity contribution >= 4 is 27.2 Å². The van der Waals surface area contributed by atoms with Crippen LogP contribution < -0.4 is 5.32 Å². The molecule has 0 aliphatic heterocycles. The van der Waals surface area contributed by atoms with Gasteiger partial charge in [-0.25, -0.2) is 4.98 Å². The number of allylic oxidation sites excluding steroid dienone is 1. The molecule has 0 radical (unpaired) electrons. The van der Waals surface area contributed by atoms with Crippen LogP contribution in [0.2, 0.25) is 0 Å². The zero-order valence-electron chi connectivity index (χ0n) is 11.8. The lowest BCUT2D eigenvalue weighted by molar-refractivity contribution is 0.475. The molecule has 2 aromatic carbocycles. The van der Waals surface area contributed by atoms with E-state index in [0.717, 1.165) is 26.5 Å². The third-order valence-electron chi connectivity index (χ3n) is 3.11. The van der Waals surface area contributed by atoms with Crippen LogP contribution in [0.4, 0.5) is 5.69 Å². The Kier molecular flexibility index (Phi) is 3.92. The van der Waals surface area contributed by atoms with Crippen molar-refractivity contribution in [2.45, 2.75) is 0 Å². The average Bonchev–Trinajstić information content (AvgIpc) is 2.99. The number of aromatic hydroxyl groups is 1. The van der Waals surface area contributed by atoms with Gasteiger partial charge in [-0.2, -0.15) is 10.5 Å². The zero-order chi connectivity index (χ0) is 16.2. The van der Waals surface area contributed by atoms with Crippen molar-refractivity contribution in [2.75, 3.05) is 5.32 Å². The minimum atomic E-state index is 0.00912. The van der Waals surface area contributed by atoms with Crippen LogP contribution in [-0.4, -0.2) is 10.1 Å². The molecule has 0 fully saturated rings. The Labute approximate surface area is 136 Å². The van der Waals surface area contributed by atoms with Crippen LogP contribution in [0.3, 0.4) is 0 Å². The van der Waals surface area contributed by atoms with Crippen LogP contribution in [-0.2, 0) is 0 Å². The molecule has 1 heterocycles. The molecule has 0 aliphatic carbocycles. The molecule has 3 aromatic rings. The third kappa shape index (κ3) is 3.13. The topological polar surface area (TPSA) is 92.7 Å². The summed E-state index contributed by atoms with van der Waals surface area (Å²) in [6, 6.07) is 16.2. The second-order valence-electron chi connectivity index (χ2n) is 4.68. The van der Waals surface area contributed by atoms with Gasteiger partial charge in [-0.05, 0) is 30.3 Å². The Bertz CT molecular complexity index is 976. The smallest absolute Gasteiger partial charge is 0.145 e. The summed E-state index contributed by atoms with van der Waals surface area (Å²) in [5, 5.41) is 30.8. The van der Waals surface area contributed by atoms with E-state index in [1.54, 1.807) is 30.3 Å². The van der Waals surface area contributed by atoms with Crippen LogP contribution in [0.1, 0.15) is 0 Å². The van der Waals surface area contributed by atoms with E-state index in [2.05, 4.69) is 10.3 Å². The predicted molar refractivity (Wildman–Crippen MR) is 89.7 cm³/mol. The Balaban J connectivity index is 1.94. The van der Waals surface area contributed by atoms with Gasteiger partial charge in [-0.15, -0.1) is 11.3 Å². The van der Waals surface area contributed by atoms with Crippen molar-refractivity contribution in [3.8, 4) is 28.5 Å². The second-order valence-corrected chi connectivity index (χ2v) is 5.71. The molecule has 23 heavy (non-hydrogen) atoms. The number of fused-ring (bicyclic) bond motifs is 1. The van der Waals surface area contributed by atoms with Gasteiger partial charge < -0.3 is 10.4 Å². The Morgan fingerprint density at radius 3 is 2.74 bits per heavy atom. The largest absolute Gasteiger partial charge is 0.508 e. The lowest BCUT2D eigenvalue weighted by Crippen LogP contribution is -1.89. The number of nitriles is 2. The molecule has 6 heteroatoms. The first-order chi connectivity index (χ1) is 11.2. The molecule has 2 N–H and O–H groups in total. The lowest BCUT2D eigenvalue weighted by Gasteiger charge is -1.99. The normalized spacial score (nSPS) is 9.83. The quantitative estimate of drug-likeness (QED) is 0.712. The van der Waals surface area contributed by atoms with Crippen molar-refractivity contribution in [3.63, 3.8) is 0 Å². The summed E-state index contributed by atoms with van der Waals surface area (Å²) in [6.07, 6.45) is 1.37. The molecule has 0 amide bonds. The highest BCUT2D eigenvalue weighted by Crippen LogP contribution is 2.32. The van der Waals surface area contributed by atoms with Crippen molar-refractivity contribution in [1.82, 2.24) is 4.98 Å². The van der Waals surface area contributed by atoms with E-state index in [1.807, 2.05) is 24.3 Å². The maximum atomic E-state index is 9.57. The fourth-order valence-electron chi connectivity index (χ4n) is 2.02. The molecule has 0 spiro atoms. The molecule has 3 rings (SSSR count). The molecular formula is C17H10N4OS. The highest BCUT2D eigenvalue weighted by atomic mass is 32.1. The van der Waals surface area contributed by atoms with Gasteiger partial charge in [0, 0.05) is 17.5 Å². The van der Waals surface area contributed by atoms with Gasteiger partial charge in [-0.1, -0.05) is 12.1 Å². The van der Waals surface area contributed by atoms with Crippen LogP contribution in [0.5, 0.6) is 5.75 Å². The van der Waals surface area contributed by atoms with E-state index in [0.29, 0.717) is 0 Å². The van der Waals surface area contributed by atoms with E-state index in [4.69, 9.17) is 10.5 Å². The fourth-order valence-corrected chi connectivity index (χ4v) is 3.02. The lowest BCUT2D eigenvalue weighted by atomic mass is 10.2. The summed E-state index contributed by atoms with van der Waals surface area (Å²) in [7, 11) is 0. The molecular weight excluding hydrogens is 308 g/mol. The number of aromatic nitrogens is 1. The number of anilines is 1. The predicted octanol–water partition coefficient (Wildman–Crippen LogP) is 4.01. The number of hydrogen-bond acceptors (Lipinski definition) is 6. The minimum Gasteiger partial charge on any atom is -0.508 e. The highest BCUT2D eigenvalue weighted by Gasteiger charge is 2.07. The summed E-state index contributed by atoms with van der Waals surface area (Å²) in [6.45, 7) is 0. The Hall–Kier alpha value is -3.35. The fraction of sp³-hybridized carbons (Fsp3) is 0. The molecule has 0 saturated carbocycles. The maximum absolute atomic E-state index is 9.57. The third-order valence-corrected chi connectivity index (χ3v) is 4.17. The first kappa shape index (κ1) is 14.6. The van der Waals surface area contributed by atoms with Crippen molar-refractivity contribution in [1.29, 1.82) is 10.5 Å². The number of hydrogen-bond donors (Lipinski definition) is 2. The number of nitrogens with zero attached hydrogens (tertiary/aromatic N) is 3. The van der Waals surface area contributed by atoms with Crippen LogP contribution in [0.25, 0.3) is 20.8 Å². The van der Waals surface area contributed by atoms with E-state index in [1.165, 1.54) is 17.5 Å². The molecule has 0 atom stereocenters. The highest BCUT2D eigenvalue weighted by molar-refractivity contribution is 7.21. The maximum Gasteiger partial charge on any atom is 0.145 e. The molecule has 0 bridgehead atoms. The van der Waals surface area contributed by atoms with Crippen molar-refractivity contribution < 1.29 is 5.11 Å². The van der Waals surface area contributed by atoms with Gasteiger partial charge in [0.05, 0.1) is 10.2 Å². The summed E-state index contributed by atoms with van der Waals surface area (Å²) in [4.78, 5) is 4.55. The van der Waals surface area contributed by atoms with Crippen molar-refractivity contribution in [3.05, 3.63) is 54.2 Å². The summed E-state index contributed by atoms with van der Waals surface area (Å²) >= 11 is 1.51. The van der Waals surface area contributed by atoms with Gasteiger partial charge >= 0.3 is 0 Å². The summed E-state index contributed by atoms with van der Waals surface area (Å²) < 4.78 is 0.970. The molecule has 1 aromatic heterocycles. The van der Waals surface area contributed by atoms with Crippen LogP contribution in [0.15, 0.2) is 54.2 Å². The van der Waals surface area contributed by atoms with Gasteiger partial charge in [0.15, 0.2) is 0 Å². The van der Waals surface area contributed by atoms with Gasteiger partial charge in [0.1, 0.15) is 28.5 Å².